The van der Waals surface area contributed by atoms with Gasteiger partial charge in [-0.2, -0.15) is 0 Å². The van der Waals surface area contributed by atoms with Crippen LogP contribution >= 0.6 is 11.3 Å². The summed E-state index contributed by atoms with van der Waals surface area (Å²) in [5.41, 5.74) is 0. The van der Waals surface area contributed by atoms with Crippen LogP contribution in [0.3, 0.4) is 0 Å². The van der Waals surface area contributed by atoms with Crippen molar-refractivity contribution in [3.63, 3.8) is 0 Å². The average Bonchev–Trinajstić information content (AvgIpc) is 2.79. The molecule has 0 aromatic carbocycles. The molecule has 0 saturated heterocycles. The van der Waals surface area contributed by atoms with Gasteiger partial charge in [-0.05, 0) is 17.9 Å². The fourth-order valence-corrected chi connectivity index (χ4v) is 1.76. The van der Waals surface area contributed by atoms with Crippen LogP contribution in [0.15, 0.2) is 17.5 Å². The van der Waals surface area contributed by atoms with E-state index in [1.807, 2.05) is 24.4 Å². The fourth-order valence-electron chi connectivity index (χ4n) is 1.12. The molecule has 88 valence electrons. The highest BCUT2D eigenvalue weighted by molar-refractivity contribution is 7.09. The minimum Gasteiger partial charge on any atom is -0.348 e. The Morgan fingerprint density at radius 1 is 1.31 bits per heavy atom. The molecule has 4 nitrogen and oxygen atoms in total. The van der Waals surface area contributed by atoms with Crippen molar-refractivity contribution in [2.75, 3.05) is 6.54 Å². The highest BCUT2D eigenvalue weighted by atomic mass is 32.1. The van der Waals surface area contributed by atoms with E-state index in [-0.39, 0.29) is 0 Å². The summed E-state index contributed by atoms with van der Waals surface area (Å²) >= 11 is 1.55. The second-order valence-corrected chi connectivity index (χ2v) is 4.40. The van der Waals surface area contributed by atoms with E-state index < -0.39 is 11.8 Å². The van der Waals surface area contributed by atoms with Gasteiger partial charge in [0, 0.05) is 11.4 Å². The molecule has 0 fully saturated rings. The van der Waals surface area contributed by atoms with Crippen molar-refractivity contribution >= 4 is 23.2 Å². The summed E-state index contributed by atoms with van der Waals surface area (Å²) in [6, 6.07) is 3.83. The van der Waals surface area contributed by atoms with Crippen molar-refractivity contribution in [1.82, 2.24) is 10.6 Å². The summed E-state index contributed by atoms with van der Waals surface area (Å²) in [7, 11) is 0. The van der Waals surface area contributed by atoms with Crippen LogP contribution in [0.5, 0.6) is 0 Å². The molecule has 0 aliphatic carbocycles. The number of rotatable bonds is 5. The van der Waals surface area contributed by atoms with Gasteiger partial charge < -0.3 is 10.6 Å². The summed E-state index contributed by atoms with van der Waals surface area (Å²) in [6.07, 6.45) is 1.89. The maximum absolute atomic E-state index is 11.3. The van der Waals surface area contributed by atoms with E-state index in [1.165, 1.54) is 0 Å². The Kier molecular flexibility index (Phi) is 5.56. The molecule has 5 heteroatoms. The van der Waals surface area contributed by atoms with Crippen LogP contribution in [-0.2, 0) is 16.1 Å². The first-order valence-corrected chi connectivity index (χ1v) is 6.20. The largest absolute Gasteiger partial charge is 0.348 e. The van der Waals surface area contributed by atoms with E-state index in [1.54, 1.807) is 11.3 Å². The number of carbonyl (C=O) groups is 2. The fraction of sp³-hybridized carbons (Fsp3) is 0.455. The van der Waals surface area contributed by atoms with Gasteiger partial charge in [-0.1, -0.05) is 19.4 Å². The Morgan fingerprint density at radius 3 is 2.69 bits per heavy atom. The molecule has 1 aromatic heterocycles. The van der Waals surface area contributed by atoms with E-state index in [9.17, 15) is 9.59 Å². The minimum atomic E-state index is -0.565. The zero-order chi connectivity index (χ0) is 11.8. The summed E-state index contributed by atoms with van der Waals surface area (Å²) in [5.74, 6) is -1.12. The molecule has 0 radical (unpaired) electrons. The van der Waals surface area contributed by atoms with Gasteiger partial charge in [0.2, 0.25) is 0 Å². The topological polar surface area (TPSA) is 58.2 Å². The van der Waals surface area contributed by atoms with E-state index in [0.717, 1.165) is 17.7 Å². The second kappa shape index (κ2) is 7.00. The van der Waals surface area contributed by atoms with Crippen molar-refractivity contribution in [2.24, 2.45) is 0 Å². The van der Waals surface area contributed by atoms with E-state index in [2.05, 4.69) is 10.6 Å². The highest BCUT2D eigenvalue weighted by Gasteiger charge is 2.11. The third-order valence-electron chi connectivity index (χ3n) is 2.03. The molecule has 0 atom stereocenters. The number of nitrogens with one attached hydrogen (secondary N) is 2. The molecule has 0 saturated carbocycles. The number of amides is 2. The molecule has 16 heavy (non-hydrogen) atoms. The lowest BCUT2D eigenvalue weighted by Crippen LogP contribution is -2.39. The van der Waals surface area contributed by atoms with Crippen LogP contribution in [0.4, 0.5) is 0 Å². The normalized spacial score (nSPS) is 9.81. The van der Waals surface area contributed by atoms with Gasteiger partial charge in [0.1, 0.15) is 0 Å². The maximum Gasteiger partial charge on any atom is 0.309 e. The lowest BCUT2D eigenvalue weighted by atomic mass is 10.3. The van der Waals surface area contributed by atoms with E-state index in [0.29, 0.717) is 13.1 Å². The smallest absolute Gasteiger partial charge is 0.309 e. The molecule has 1 aromatic rings. The summed E-state index contributed by atoms with van der Waals surface area (Å²) in [6.45, 7) is 3.00. The first-order valence-electron chi connectivity index (χ1n) is 5.32. The van der Waals surface area contributed by atoms with E-state index in [4.69, 9.17) is 0 Å². The minimum absolute atomic E-state index is 0.414. The zero-order valence-corrected chi connectivity index (χ0v) is 10.1. The molecule has 1 rings (SSSR count). The van der Waals surface area contributed by atoms with Gasteiger partial charge in [0.25, 0.3) is 0 Å². The molecule has 2 amide bonds. The summed E-state index contributed by atoms with van der Waals surface area (Å²) < 4.78 is 0. The van der Waals surface area contributed by atoms with Gasteiger partial charge in [-0.25, -0.2) is 0 Å². The molecule has 1 heterocycles. The van der Waals surface area contributed by atoms with Crippen LogP contribution in [0.1, 0.15) is 24.6 Å². The first-order chi connectivity index (χ1) is 7.74. The standard InChI is InChI=1S/C11H16N2O2S/c1-2-3-6-12-10(14)11(15)13-8-9-5-4-7-16-9/h4-5,7H,2-3,6,8H2,1H3,(H,12,14)(H,13,15). The third-order valence-corrected chi connectivity index (χ3v) is 2.90. The Bertz CT molecular complexity index is 336. The number of hydrogen-bond donors (Lipinski definition) is 2. The Hall–Kier alpha value is -1.36. The van der Waals surface area contributed by atoms with Gasteiger partial charge >= 0.3 is 11.8 Å². The number of thiophene rings is 1. The van der Waals surface area contributed by atoms with Crippen LogP contribution in [-0.4, -0.2) is 18.4 Å². The maximum atomic E-state index is 11.3. The summed E-state index contributed by atoms with van der Waals surface area (Å²) in [5, 5.41) is 7.07. The molecule has 0 aliphatic heterocycles. The zero-order valence-electron chi connectivity index (χ0n) is 9.29. The Labute approximate surface area is 99.0 Å². The second-order valence-electron chi connectivity index (χ2n) is 3.37. The number of unbranched alkanes of at least 4 members (excludes halogenated alkanes) is 1. The molecule has 2 N–H and O–H groups in total. The van der Waals surface area contributed by atoms with Crippen LogP contribution < -0.4 is 10.6 Å². The monoisotopic (exact) mass is 240 g/mol. The van der Waals surface area contributed by atoms with Crippen LogP contribution in [0.2, 0.25) is 0 Å². The molecular formula is C11H16N2O2S. The molecule has 0 bridgehead atoms. The van der Waals surface area contributed by atoms with Crippen molar-refractivity contribution in [3.05, 3.63) is 22.4 Å². The van der Waals surface area contributed by atoms with Crippen LogP contribution in [0.25, 0.3) is 0 Å². The summed E-state index contributed by atoms with van der Waals surface area (Å²) in [4.78, 5) is 23.6. The van der Waals surface area contributed by atoms with Gasteiger partial charge in [0.15, 0.2) is 0 Å². The quantitative estimate of drug-likeness (QED) is 0.601. The lowest BCUT2D eigenvalue weighted by Gasteiger charge is -2.04. The van der Waals surface area contributed by atoms with Crippen molar-refractivity contribution in [3.8, 4) is 0 Å². The average molecular weight is 240 g/mol. The SMILES string of the molecule is CCCCNC(=O)C(=O)NCc1cccs1. The van der Waals surface area contributed by atoms with Gasteiger partial charge in [-0.15, -0.1) is 11.3 Å². The van der Waals surface area contributed by atoms with E-state index >= 15 is 0 Å². The molecule has 0 unspecified atom stereocenters. The van der Waals surface area contributed by atoms with Crippen molar-refractivity contribution < 1.29 is 9.59 Å². The predicted molar refractivity (Wildman–Crippen MR) is 64.1 cm³/mol. The lowest BCUT2D eigenvalue weighted by molar-refractivity contribution is -0.139. The van der Waals surface area contributed by atoms with Crippen LogP contribution in [0, 0.1) is 0 Å². The third kappa shape index (κ3) is 4.44. The Morgan fingerprint density at radius 2 is 2.06 bits per heavy atom. The van der Waals surface area contributed by atoms with Gasteiger partial charge in [0.05, 0.1) is 6.54 Å². The molecule has 0 aliphatic rings. The van der Waals surface area contributed by atoms with Crippen molar-refractivity contribution in [2.45, 2.75) is 26.3 Å². The van der Waals surface area contributed by atoms with Gasteiger partial charge in [-0.3, -0.25) is 9.59 Å². The number of carbonyl (C=O) groups excluding carboxylic acids is 2. The molecule has 0 spiro atoms. The Balaban J connectivity index is 2.21. The first kappa shape index (κ1) is 12.7. The number of hydrogen-bond acceptors (Lipinski definition) is 3. The molecular weight excluding hydrogens is 224 g/mol. The predicted octanol–water partition coefficient (Wildman–Crippen LogP) is 1.28. The highest BCUT2D eigenvalue weighted by Crippen LogP contribution is 2.06. The van der Waals surface area contributed by atoms with Crippen molar-refractivity contribution in [1.29, 1.82) is 0 Å².